The fourth-order valence-corrected chi connectivity index (χ4v) is 1.86. The Morgan fingerprint density at radius 2 is 2.00 bits per heavy atom. The molecule has 2 aromatic rings. The zero-order valence-electron chi connectivity index (χ0n) is 12.6. The molecule has 6 nitrogen and oxygen atoms in total. The Labute approximate surface area is 128 Å². The van der Waals surface area contributed by atoms with Crippen molar-refractivity contribution >= 4 is 17.6 Å². The minimum atomic E-state index is -0.541. The second kappa shape index (κ2) is 6.80. The van der Waals surface area contributed by atoms with Crippen molar-refractivity contribution in [2.45, 2.75) is 20.5 Å². The number of hydrogen-bond acceptors (Lipinski definition) is 5. The zero-order chi connectivity index (χ0) is 16.1. The van der Waals surface area contributed by atoms with Crippen LogP contribution in [0.4, 0.5) is 5.69 Å². The van der Waals surface area contributed by atoms with Crippen LogP contribution in [0.25, 0.3) is 0 Å². The third-order valence-electron chi connectivity index (χ3n) is 2.87. The summed E-state index contributed by atoms with van der Waals surface area (Å²) in [4.78, 5) is 22.5. The van der Waals surface area contributed by atoms with Gasteiger partial charge in [-0.3, -0.25) is 4.79 Å². The van der Waals surface area contributed by atoms with E-state index in [1.807, 2.05) is 19.1 Å². The van der Waals surface area contributed by atoms with E-state index in [2.05, 4.69) is 10.1 Å². The van der Waals surface area contributed by atoms with Crippen LogP contribution in [0.2, 0.25) is 0 Å². The molecule has 1 aromatic heterocycles. The predicted molar refractivity (Wildman–Crippen MR) is 79.9 cm³/mol. The zero-order valence-corrected chi connectivity index (χ0v) is 12.6. The Kier molecular flexibility index (Phi) is 4.83. The van der Waals surface area contributed by atoms with Crippen molar-refractivity contribution in [1.29, 1.82) is 0 Å². The lowest BCUT2D eigenvalue weighted by Gasteiger charge is -2.11. The predicted octanol–water partition coefficient (Wildman–Crippen LogP) is 2.91. The number of furan rings is 1. The van der Waals surface area contributed by atoms with Crippen molar-refractivity contribution in [1.82, 2.24) is 0 Å². The van der Waals surface area contributed by atoms with Gasteiger partial charge in [0.1, 0.15) is 18.1 Å². The molecule has 1 N–H and O–H groups in total. The van der Waals surface area contributed by atoms with E-state index < -0.39 is 5.97 Å². The smallest absolute Gasteiger partial charge is 0.373 e. The van der Waals surface area contributed by atoms with Gasteiger partial charge < -0.3 is 19.2 Å². The number of methoxy groups -OCH3 is 1. The third kappa shape index (κ3) is 3.88. The van der Waals surface area contributed by atoms with Crippen molar-refractivity contribution in [2.24, 2.45) is 0 Å². The van der Waals surface area contributed by atoms with Crippen molar-refractivity contribution in [3.8, 4) is 5.75 Å². The van der Waals surface area contributed by atoms with E-state index in [0.717, 1.165) is 5.56 Å². The first-order valence-electron chi connectivity index (χ1n) is 6.67. The molecule has 0 atom stereocenters. The van der Waals surface area contributed by atoms with Gasteiger partial charge >= 0.3 is 5.97 Å². The molecule has 1 aromatic carbocycles. The first-order chi connectivity index (χ1) is 10.5. The fourth-order valence-electron chi connectivity index (χ4n) is 1.86. The van der Waals surface area contributed by atoms with Crippen molar-refractivity contribution in [2.75, 3.05) is 12.4 Å². The van der Waals surface area contributed by atoms with Gasteiger partial charge in [-0.2, -0.15) is 0 Å². The van der Waals surface area contributed by atoms with E-state index in [9.17, 15) is 9.59 Å². The SMILES string of the molecule is COC(=O)c1ccc(COc2cc(C)ccc2NC(C)=O)o1. The van der Waals surface area contributed by atoms with Gasteiger partial charge in [0.2, 0.25) is 11.7 Å². The first-order valence-corrected chi connectivity index (χ1v) is 6.67. The average Bonchev–Trinajstić information content (AvgIpc) is 2.95. The molecule has 0 aliphatic rings. The number of carbonyl (C=O) groups is 2. The Hall–Kier alpha value is -2.76. The van der Waals surface area contributed by atoms with Crippen LogP contribution in [0.1, 0.15) is 28.8 Å². The Balaban J connectivity index is 2.10. The highest BCUT2D eigenvalue weighted by atomic mass is 16.5. The summed E-state index contributed by atoms with van der Waals surface area (Å²) >= 11 is 0. The third-order valence-corrected chi connectivity index (χ3v) is 2.87. The highest BCUT2D eigenvalue weighted by Crippen LogP contribution is 2.27. The second-order valence-corrected chi connectivity index (χ2v) is 4.73. The number of amides is 1. The van der Waals surface area contributed by atoms with Crippen molar-refractivity contribution in [3.63, 3.8) is 0 Å². The first kappa shape index (κ1) is 15.6. The normalized spacial score (nSPS) is 10.1. The Morgan fingerprint density at radius 3 is 2.68 bits per heavy atom. The quantitative estimate of drug-likeness (QED) is 0.859. The largest absolute Gasteiger partial charge is 0.483 e. The molecule has 1 amide bonds. The molecule has 0 aliphatic carbocycles. The Morgan fingerprint density at radius 1 is 1.23 bits per heavy atom. The number of carbonyl (C=O) groups excluding carboxylic acids is 2. The van der Waals surface area contributed by atoms with Crippen LogP contribution in [0.15, 0.2) is 34.7 Å². The van der Waals surface area contributed by atoms with Crippen LogP contribution >= 0.6 is 0 Å². The van der Waals surface area contributed by atoms with E-state index in [1.165, 1.54) is 20.1 Å². The maximum atomic E-state index is 11.3. The molecule has 0 bridgehead atoms. The second-order valence-electron chi connectivity index (χ2n) is 4.73. The summed E-state index contributed by atoms with van der Waals surface area (Å²) in [5, 5.41) is 2.70. The summed E-state index contributed by atoms with van der Waals surface area (Å²) in [6.07, 6.45) is 0. The summed E-state index contributed by atoms with van der Waals surface area (Å²) in [7, 11) is 1.29. The standard InChI is InChI=1S/C16H17NO5/c1-10-4-6-13(17-11(2)18)15(8-10)21-9-12-5-7-14(22-12)16(19)20-3/h4-8H,9H2,1-3H3,(H,17,18). The number of benzene rings is 1. The lowest BCUT2D eigenvalue weighted by atomic mass is 10.2. The van der Waals surface area contributed by atoms with Crippen LogP contribution < -0.4 is 10.1 Å². The molecule has 22 heavy (non-hydrogen) atoms. The maximum Gasteiger partial charge on any atom is 0.373 e. The van der Waals surface area contributed by atoms with Crippen LogP contribution in [0, 0.1) is 6.92 Å². The van der Waals surface area contributed by atoms with E-state index in [4.69, 9.17) is 9.15 Å². The van der Waals surface area contributed by atoms with Gasteiger partial charge in [0.15, 0.2) is 0 Å². The fraction of sp³-hybridized carbons (Fsp3) is 0.250. The monoisotopic (exact) mass is 303 g/mol. The summed E-state index contributed by atoms with van der Waals surface area (Å²) in [6.45, 7) is 3.48. The number of anilines is 1. The average molecular weight is 303 g/mol. The van der Waals surface area contributed by atoms with Gasteiger partial charge in [0, 0.05) is 6.92 Å². The van der Waals surface area contributed by atoms with Gasteiger partial charge in [-0.05, 0) is 36.8 Å². The molecule has 0 radical (unpaired) electrons. The van der Waals surface area contributed by atoms with Gasteiger partial charge in [0.05, 0.1) is 12.8 Å². The van der Waals surface area contributed by atoms with Gasteiger partial charge in [-0.1, -0.05) is 6.07 Å². The highest BCUT2D eigenvalue weighted by molar-refractivity contribution is 5.90. The minimum Gasteiger partial charge on any atom is -0.483 e. The molecule has 0 fully saturated rings. The summed E-state index contributed by atoms with van der Waals surface area (Å²) < 4.78 is 15.6. The summed E-state index contributed by atoms with van der Waals surface area (Å²) in [5.41, 5.74) is 1.58. The van der Waals surface area contributed by atoms with Gasteiger partial charge in [0.25, 0.3) is 0 Å². The maximum absolute atomic E-state index is 11.3. The van der Waals surface area contributed by atoms with E-state index >= 15 is 0 Å². The number of rotatable bonds is 5. The van der Waals surface area contributed by atoms with E-state index in [-0.39, 0.29) is 18.3 Å². The molecule has 116 valence electrons. The van der Waals surface area contributed by atoms with Crippen molar-refractivity contribution in [3.05, 3.63) is 47.4 Å². The van der Waals surface area contributed by atoms with Gasteiger partial charge in [-0.25, -0.2) is 4.79 Å². The molecule has 0 saturated heterocycles. The van der Waals surface area contributed by atoms with E-state index in [1.54, 1.807) is 12.1 Å². The van der Waals surface area contributed by atoms with E-state index in [0.29, 0.717) is 17.2 Å². The number of esters is 1. The minimum absolute atomic E-state index is 0.118. The van der Waals surface area contributed by atoms with Crippen molar-refractivity contribution < 1.29 is 23.5 Å². The molecule has 0 unspecified atom stereocenters. The topological polar surface area (TPSA) is 77.8 Å². The highest BCUT2D eigenvalue weighted by Gasteiger charge is 2.12. The number of hydrogen-bond donors (Lipinski definition) is 1. The molecule has 2 rings (SSSR count). The van der Waals surface area contributed by atoms with Crippen LogP contribution in [-0.4, -0.2) is 19.0 Å². The number of ether oxygens (including phenoxy) is 2. The lowest BCUT2D eigenvalue weighted by molar-refractivity contribution is -0.114. The molecule has 0 spiro atoms. The van der Waals surface area contributed by atoms with Crippen LogP contribution in [0.3, 0.4) is 0 Å². The summed E-state index contributed by atoms with van der Waals surface area (Å²) in [6, 6.07) is 8.62. The lowest BCUT2D eigenvalue weighted by Crippen LogP contribution is -2.08. The molecule has 0 saturated carbocycles. The number of aryl methyl sites for hydroxylation is 1. The molecular weight excluding hydrogens is 286 g/mol. The molecule has 6 heteroatoms. The Bertz CT molecular complexity index is 690. The number of nitrogens with one attached hydrogen (secondary N) is 1. The summed E-state index contributed by atoms with van der Waals surface area (Å²) in [5.74, 6) is 0.412. The van der Waals surface area contributed by atoms with Crippen LogP contribution in [0.5, 0.6) is 5.75 Å². The van der Waals surface area contributed by atoms with Crippen LogP contribution in [-0.2, 0) is 16.1 Å². The van der Waals surface area contributed by atoms with Gasteiger partial charge in [-0.15, -0.1) is 0 Å². The molecule has 0 aliphatic heterocycles. The molecule has 1 heterocycles. The molecular formula is C16H17NO5.